The smallest absolute Gasteiger partial charge is 0.0172 e. The van der Waals surface area contributed by atoms with Gasteiger partial charge in [-0.05, 0) is 74.5 Å². The molecule has 0 N–H and O–H groups in total. The van der Waals surface area contributed by atoms with E-state index < -0.39 is 0 Å². The summed E-state index contributed by atoms with van der Waals surface area (Å²) in [5.41, 5.74) is 10.3. The van der Waals surface area contributed by atoms with Crippen molar-refractivity contribution in [3.05, 3.63) is 108 Å². The molecule has 0 saturated carbocycles. The van der Waals surface area contributed by atoms with Crippen LogP contribution in [0.1, 0.15) is 50.7 Å². The largest absolute Gasteiger partial charge is 0.0622 e. The van der Waals surface area contributed by atoms with Crippen molar-refractivity contribution in [1.82, 2.24) is 0 Å². The molecule has 0 unspecified atom stereocenters. The Bertz CT molecular complexity index is 1030. The van der Waals surface area contributed by atoms with Crippen LogP contribution < -0.4 is 0 Å². The van der Waals surface area contributed by atoms with Gasteiger partial charge in [0, 0.05) is 0 Å². The Morgan fingerprint density at radius 2 is 0.700 bits per heavy atom. The van der Waals surface area contributed by atoms with E-state index in [1.54, 1.807) is 0 Å². The lowest BCUT2D eigenvalue weighted by atomic mass is 9.91. The van der Waals surface area contributed by atoms with Gasteiger partial charge in [-0.25, -0.2) is 0 Å². The molecule has 0 atom stereocenters. The monoisotopic (exact) mass is 390 g/mol. The molecule has 0 bridgehead atoms. The van der Waals surface area contributed by atoms with E-state index in [1.807, 2.05) is 0 Å². The molecule has 4 rings (SSSR count). The molecule has 0 amide bonds. The molecule has 30 heavy (non-hydrogen) atoms. The predicted molar refractivity (Wildman–Crippen MR) is 131 cm³/mol. The maximum atomic E-state index is 2.32. The molecule has 0 fully saturated rings. The third-order valence-electron chi connectivity index (χ3n) is 5.86. The summed E-state index contributed by atoms with van der Waals surface area (Å²) in [5.74, 6) is 1.09. The van der Waals surface area contributed by atoms with E-state index in [2.05, 4.69) is 125 Å². The quantitative estimate of drug-likeness (QED) is 0.319. The Morgan fingerprint density at radius 3 is 1.03 bits per heavy atom. The Balaban J connectivity index is 1.82. The van der Waals surface area contributed by atoms with Crippen molar-refractivity contribution in [3.8, 4) is 33.4 Å². The number of rotatable bonds is 5. The van der Waals surface area contributed by atoms with E-state index in [9.17, 15) is 0 Å². The van der Waals surface area contributed by atoms with E-state index in [0.717, 1.165) is 0 Å². The van der Waals surface area contributed by atoms with E-state index >= 15 is 0 Å². The van der Waals surface area contributed by atoms with Gasteiger partial charge in [-0.3, -0.25) is 0 Å². The van der Waals surface area contributed by atoms with Gasteiger partial charge in [-0.15, -0.1) is 0 Å². The predicted octanol–water partition coefficient (Wildman–Crippen LogP) is 8.93. The number of benzene rings is 4. The van der Waals surface area contributed by atoms with Crippen LogP contribution in [0.4, 0.5) is 0 Å². The zero-order chi connectivity index (χ0) is 21.1. The summed E-state index contributed by atoms with van der Waals surface area (Å²) in [7, 11) is 0. The maximum absolute atomic E-state index is 2.32. The fraction of sp³-hybridized carbons (Fsp3) is 0.200. The molecule has 0 spiro atoms. The van der Waals surface area contributed by atoms with Crippen LogP contribution in [0, 0.1) is 0 Å². The van der Waals surface area contributed by atoms with Crippen LogP contribution in [0.3, 0.4) is 0 Å². The first-order valence-corrected chi connectivity index (χ1v) is 10.9. The summed E-state index contributed by atoms with van der Waals surface area (Å²) in [6, 6.07) is 35.7. The zero-order valence-corrected chi connectivity index (χ0v) is 18.4. The van der Waals surface area contributed by atoms with Crippen LogP contribution in [0.2, 0.25) is 0 Å². The van der Waals surface area contributed by atoms with Crippen LogP contribution in [-0.2, 0) is 0 Å². The third kappa shape index (κ3) is 4.39. The van der Waals surface area contributed by atoms with Crippen molar-refractivity contribution in [1.29, 1.82) is 0 Å². The van der Waals surface area contributed by atoms with E-state index in [1.165, 1.54) is 44.5 Å². The third-order valence-corrected chi connectivity index (χ3v) is 5.86. The average molecular weight is 391 g/mol. The van der Waals surface area contributed by atoms with Gasteiger partial charge in [-0.2, -0.15) is 0 Å². The Labute approximate surface area is 181 Å². The summed E-state index contributed by atoms with van der Waals surface area (Å²) in [6.45, 7) is 8.96. The van der Waals surface area contributed by atoms with Crippen molar-refractivity contribution in [2.24, 2.45) is 0 Å². The van der Waals surface area contributed by atoms with Gasteiger partial charge in [0.05, 0.1) is 0 Å². The van der Waals surface area contributed by atoms with E-state index in [-0.39, 0.29) is 0 Å². The highest BCUT2D eigenvalue weighted by Gasteiger charge is 2.09. The van der Waals surface area contributed by atoms with Gasteiger partial charge >= 0.3 is 0 Å². The Hall–Kier alpha value is -3.12. The molecule has 0 aliphatic carbocycles. The number of hydrogen-bond acceptors (Lipinski definition) is 0. The summed E-state index contributed by atoms with van der Waals surface area (Å²) in [5, 5.41) is 0. The lowest BCUT2D eigenvalue weighted by Gasteiger charge is -2.13. The van der Waals surface area contributed by atoms with Crippen molar-refractivity contribution in [2.75, 3.05) is 0 Å². The summed E-state index contributed by atoms with van der Waals surface area (Å²) < 4.78 is 0. The molecule has 0 saturated heterocycles. The molecule has 0 aliphatic heterocycles. The summed E-state index contributed by atoms with van der Waals surface area (Å²) in [6.07, 6.45) is 0. The van der Waals surface area contributed by atoms with E-state index in [4.69, 9.17) is 0 Å². The van der Waals surface area contributed by atoms with Gasteiger partial charge in [0.2, 0.25) is 0 Å². The van der Waals surface area contributed by atoms with E-state index in [0.29, 0.717) is 11.8 Å². The zero-order valence-electron chi connectivity index (χ0n) is 18.4. The molecule has 0 nitrogen and oxygen atoms in total. The minimum atomic E-state index is 0.546. The first-order valence-electron chi connectivity index (χ1n) is 10.9. The molecule has 0 heteroatoms. The molecular formula is C30H30. The van der Waals surface area contributed by atoms with Gasteiger partial charge in [0.1, 0.15) is 0 Å². The Morgan fingerprint density at radius 1 is 0.367 bits per heavy atom. The van der Waals surface area contributed by atoms with Gasteiger partial charge in [0.25, 0.3) is 0 Å². The molecular weight excluding hydrogens is 360 g/mol. The summed E-state index contributed by atoms with van der Waals surface area (Å²) in [4.78, 5) is 0. The standard InChI is InChI=1S/C30H30/c1-21(2)23-10-14-26(15-11-23)29-18-28(25-8-6-5-7-9-25)19-30(20-29)27-16-12-24(13-17-27)22(3)4/h5-22H,1-4H3. The molecule has 0 aromatic heterocycles. The SMILES string of the molecule is CC(C)c1ccc(-c2cc(-c3ccccc3)cc(-c3ccc(C(C)C)cc3)c2)cc1. The Kier molecular flexibility index (Phi) is 5.86. The lowest BCUT2D eigenvalue weighted by molar-refractivity contribution is 0.867. The minimum absolute atomic E-state index is 0.546. The molecule has 4 aromatic rings. The lowest BCUT2D eigenvalue weighted by Crippen LogP contribution is -1.90. The molecule has 4 aromatic carbocycles. The second kappa shape index (κ2) is 8.71. The fourth-order valence-corrected chi connectivity index (χ4v) is 3.88. The molecule has 0 heterocycles. The normalized spacial score (nSPS) is 11.3. The minimum Gasteiger partial charge on any atom is -0.0622 e. The molecule has 0 radical (unpaired) electrons. The first kappa shape index (κ1) is 20.2. The van der Waals surface area contributed by atoms with Crippen molar-refractivity contribution in [3.63, 3.8) is 0 Å². The second-order valence-corrected chi connectivity index (χ2v) is 8.72. The van der Waals surface area contributed by atoms with Crippen LogP contribution in [0.5, 0.6) is 0 Å². The highest BCUT2D eigenvalue weighted by molar-refractivity contribution is 5.81. The van der Waals surface area contributed by atoms with Crippen LogP contribution in [0.15, 0.2) is 97.1 Å². The maximum Gasteiger partial charge on any atom is -0.0172 e. The van der Waals surface area contributed by atoms with Gasteiger partial charge in [-0.1, -0.05) is 107 Å². The van der Waals surface area contributed by atoms with Crippen LogP contribution >= 0.6 is 0 Å². The summed E-state index contributed by atoms with van der Waals surface area (Å²) >= 11 is 0. The molecule has 150 valence electrons. The molecule has 0 aliphatic rings. The number of hydrogen-bond donors (Lipinski definition) is 0. The van der Waals surface area contributed by atoms with Crippen molar-refractivity contribution in [2.45, 2.75) is 39.5 Å². The van der Waals surface area contributed by atoms with Crippen molar-refractivity contribution < 1.29 is 0 Å². The van der Waals surface area contributed by atoms with Gasteiger partial charge < -0.3 is 0 Å². The average Bonchev–Trinajstić information content (AvgIpc) is 2.79. The van der Waals surface area contributed by atoms with Crippen LogP contribution in [0.25, 0.3) is 33.4 Å². The first-order chi connectivity index (χ1) is 14.5. The second-order valence-electron chi connectivity index (χ2n) is 8.72. The van der Waals surface area contributed by atoms with Crippen LogP contribution in [-0.4, -0.2) is 0 Å². The van der Waals surface area contributed by atoms with Crippen molar-refractivity contribution >= 4 is 0 Å². The highest BCUT2D eigenvalue weighted by atomic mass is 14.1. The fourth-order valence-electron chi connectivity index (χ4n) is 3.88. The highest BCUT2D eigenvalue weighted by Crippen LogP contribution is 2.34. The van der Waals surface area contributed by atoms with Gasteiger partial charge in [0.15, 0.2) is 0 Å². The topological polar surface area (TPSA) is 0 Å².